The van der Waals surface area contributed by atoms with Crippen LogP contribution in [0.15, 0.2) is 42.7 Å². The van der Waals surface area contributed by atoms with Crippen molar-refractivity contribution >= 4 is 17.5 Å². The Morgan fingerprint density at radius 3 is 2.92 bits per heavy atom. The predicted molar refractivity (Wildman–Crippen MR) is 96.3 cm³/mol. The maximum absolute atomic E-state index is 12.0. The molecule has 0 aliphatic carbocycles. The molecule has 0 saturated carbocycles. The Kier molecular flexibility index (Phi) is 5.79. The molecule has 2 aromatic rings. The van der Waals surface area contributed by atoms with E-state index in [4.69, 9.17) is 0 Å². The molecule has 3 N–H and O–H groups in total. The molecule has 0 spiro atoms. The second-order valence-corrected chi connectivity index (χ2v) is 6.05. The van der Waals surface area contributed by atoms with Crippen molar-refractivity contribution < 1.29 is 9.90 Å². The maximum atomic E-state index is 12.0. The Balaban J connectivity index is 1.51. The van der Waals surface area contributed by atoms with Crippen LogP contribution in [0.25, 0.3) is 0 Å². The molecule has 1 aliphatic rings. The first kappa shape index (κ1) is 17.2. The zero-order valence-electron chi connectivity index (χ0n) is 14.1. The fourth-order valence-corrected chi connectivity index (χ4v) is 2.96. The lowest BCUT2D eigenvalue weighted by Crippen LogP contribution is -2.33. The van der Waals surface area contributed by atoms with E-state index in [-0.39, 0.29) is 25.1 Å². The zero-order chi connectivity index (χ0) is 17.5. The van der Waals surface area contributed by atoms with E-state index < -0.39 is 0 Å². The summed E-state index contributed by atoms with van der Waals surface area (Å²) in [5.74, 6) is 1.28. The van der Waals surface area contributed by atoms with Gasteiger partial charge < -0.3 is 20.6 Å². The molecule has 1 aromatic carbocycles. The van der Waals surface area contributed by atoms with Gasteiger partial charge in [0.15, 0.2) is 0 Å². The number of aliphatic hydroxyl groups is 1. The van der Waals surface area contributed by atoms with Crippen molar-refractivity contribution in [3.63, 3.8) is 0 Å². The minimum absolute atomic E-state index is 0.0987. The summed E-state index contributed by atoms with van der Waals surface area (Å²) < 4.78 is 0. The van der Waals surface area contributed by atoms with Crippen LogP contribution >= 0.6 is 0 Å². The van der Waals surface area contributed by atoms with Crippen molar-refractivity contribution in [2.75, 3.05) is 29.9 Å². The van der Waals surface area contributed by atoms with Gasteiger partial charge in [0.05, 0.1) is 19.2 Å². The van der Waals surface area contributed by atoms with E-state index >= 15 is 0 Å². The summed E-state index contributed by atoms with van der Waals surface area (Å²) in [6, 6.07) is 11.7. The molecule has 1 atom stereocenters. The minimum Gasteiger partial charge on any atom is -0.394 e. The van der Waals surface area contributed by atoms with Gasteiger partial charge in [-0.3, -0.25) is 4.79 Å². The topological polar surface area (TPSA) is 90.4 Å². The zero-order valence-corrected chi connectivity index (χ0v) is 14.1. The van der Waals surface area contributed by atoms with Crippen LogP contribution in [0.1, 0.15) is 18.4 Å². The van der Waals surface area contributed by atoms with Gasteiger partial charge in [0.1, 0.15) is 18.0 Å². The monoisotopic (exact) mass is 341 g/mol. The van der Waals surface area contributed by atoms with Gasteiger partial charge in [0.2, 0.25) is 5.91 Å². The molecule has 2 heterocycles. The van der Waals surface area contributed by atoms with Crippen molar-refractivity contribution in [3.8, 4) is 0 Å². The Bertz CT molecular complexity index is 695. The van der Waals surface area contributed by atoms with Crippen LogP contribution in [-0.2, 0) is 11.3 Å². The Labute approximate surface area is 147 Å². The number of carbonyl (C=O) groups is 1. The molecule has 3 rings (SSSR count). The van der Waals surface area contributed by atoms with E-state index in [1.165, 1.54) is 6.33 Å². The van der Waals surface area contributed by atoms with Crippen LogP contribution in [0, 0.1) is 0 Å². The number of benzene rings is 1. The first-order valence-corrected chi connectivity index (χ1v) is 8.50. The van der Waals surface area contributed by atoms with Gasteiger partial charge in [-0.25, -0.2) is 9.97 Å². The van der Waals surface area contributed by atoms with Crippen LogP contribution in [0.3, 0.4) is 0 Å². The molecule has 7 nitrogen and oxygen atoms in total. The highest BCUT2D eigenvalue weighted by Gasteiger charge is 2.25. The molecule has 0 unspecified atom stereocenters. The minimum atomic E-state index is -0.0987. The highest BCUT2D eigenvalue weighted by molar-refractivity contribution is 5.80. The molecule has 1 amide bonds. The van der Waals surface area contributed by atoms with Crippen molar-refractivity contribution in [3.05, 3.63) is 48.3 Å². The summed E-state index contributed by atoms with van der Waals surface area (Å²) in [5.41, 5.74) is 1.06. The molecule has 132 valence electrons. The van der Waals surface area contributed by atoms with Crippen molar-refractivity contribution in [1.82, 2.24) is 15.3 Å². The second-order valence-electron chi connectivity index (χ2n) is 6.05. The summed E-state index contributed by atoms with van der Waals surface area (Å²) in [4.78, 5) is 22.5. The highest BCUT2D eigenvalue weighted by Crippen LogP contribution is 2.24. The number of rotatable bonds is 7. The molecule has 25 heavy (non-hydrogen) atoms. The molecule has 1 aliphatic heterocycles. The van der Waals surface area contributed by atoms with E-state index in [1.54, 1.807) is 0 Å². The smallest absolute Gasteiger partial charge is 0.239 e. The number of hydrogen-bond donors (Lipinski definition) is 3. The third-order valence-electron chi connectivity index (χ3n) is 4.30. The Hall–Kier alpha value is -2.67. The number of carbonyl (C=O) groups excluding carboxylic acids is 1. The molecular weight excluding hydrogens is 318 g/mol. The predicted octanol–water partition coefficient (Wildman–Crippen LogP) is 1.17. The van der Waals surface area contributed by atoms with Crippen LogP contribution in [0.5, 0.6) is 0 Å². The number of anilines is 2. The fraction of sp³-hybridized carbons (Fsp3) is 0.389. The second kappa shape index (κ2) is 8.43. The van der Waals surface area contributed by atoms with Crippen LogP contribution in [-0.4, -0.2) is 46.7 Å². The average Bonchev–Trinajstić information content (AvgIpc) is 3.14. The SMILES string of the molecule is O=C(CNc1cc(N2CCC[C@@H]2CO)ncn1)NCc1ccccc1. The van der Waals surface area contributed by atoms with E-state index in [9.17, 15) is 9.90 Å². The first-order valence-electron chi connectivity index (χ1n) is 8.50. The van der Waals surface area contributed by atoms with Crippen molar-refractivity contribution in [2.24, 2.45) is 0 Å². The van der Waals surface area contributed by atoms with Gasteiger partial charge >= 0.3 is 0 Å². The molecule has 1 saturated heterocycles. The van der Waals surface area contributed by atoms with E-state index in [0.717, 1.165) is 30.8 Å². The summed E-state index contributed by atoms with van der Waals surface area (Å²) >= 11 is 0. The molecule has 0 bridgehead atoms. The van der Waals surface area contributed by atoms with Gasteiger partial charge in [-0.05, 0) is 18.4 Å². The van der Waals surface area contributed by atoms with Crippen LogP contribution < -0.4 is 15.5 Å². The van der Waals surface area contributed by atoms with Crippen LogP contribution in [0.4, 0.5) is 11.6 Å². The molecule has 1 fully saturated rings. The quantitative estimate of drug-likeness (QED) is 0.700. The number of aromatic nitrogens is 2. The fourth-order valence-electron chi connectivity index (χ4n) is 2.96. The van der Waals surface area contributed by atoms with Gasteiger partial charge in [-0.1, -0.05) is 30.3 Å². The van der Waals surface area contributed by atoms with E-state index in [0.29, 0.717) is 12.4 Å². The lowest BCUT2D eigenvalue weighted by molar-refractivity contribution is -0.119. The number of amides is 1. The first-order chi connectivity index (χ1) is 12.3. The maximum Gasteiger partial charge on any atom is 0.239 e. The normalized spacial score (nSPS) is 16.7. The number of aliphatic hydroxyl groups excluding tert-OH is 1. The summed E-state index contributed by atoms with van der Waals surface area (Å²) in [6.07, 6.45) is 3.48. The summed E-state index contributed by atoms with van der Waals surface area (Å²) in [6.45, 7) is 1.64. The summed E-state index contributed by atoms with van der Waals surface area (Å²) in [5, 5.41) is 15.3. The lowest BCUT2D eigenvalue weighted by Gasteiger charge is -2.24. The van der Waals surface area contributed by atoms with Gasteiger partial charge in [-0.15, -0.1) is 0 Å². The third-order valence-corrected chi connectivity index (χ3v) is 4.30. The molecule has 7 heteroatoms. The number of hydrogen-bond acceptors (Lipinski definition) is 6. The van der Waals surface area contributed by atoms with Crippen molar-refractivity contribution in [2.45, 2.75) is 25.4 Å². The standard InChI is InChI=1S/C18H23N5O2/c24-12-15-7-4-8-23(15)17-9-16(21-13-22-17)19-11-18(25)20-10-14-5-2-1-3-6-14/h1-3,5-6,9,13,15,24H,4,7-8,10-12H2,(H,20,25)(H,19,21,22)/t15-/m1/s1. The molecule has 1 aromatic heterocycles. The number of nitrogens with zero attached hydrogens (tertiary/aromatic N) is 3. The van der Waals surface area contributed by atoms with E-state index in [2.05, 4.69) is 25.5 Å². The van der Waals surface area contributed by atoms with Crippen molar-refractivity contribution in [1.29, 1.82) is 0 Å². The van der Waals surface area contributed by atoms with Gasteiger partial charge in [-0.2, -0.15) is 0 Å². The number of nitrogens with one attached hydrogen (secondary N) is 2. The average molecular weight is 341 g/mol. The molecular formula is C18H23N5O2. The third kappa shape index (κ3) is 4.67. The lowest BCUT2D eigenvalue weighted by atomic mass is 10.2. The van der Waals surface area contributed by atoms with Crippen LogP contribution in [0.2, 0.25) is 0 Å². The van der Waals surface area contributed by atoms with E-state index in [1.807, 2.05) is 36.4 Å². The Morgan fingerprint density at radius 2 is 2.12 bits per heavy atom. The van der Waals surface area contributed by atoms with Gasteiger partial charge in [0.25, 0.3) is 0 Å². The van der Waals surface area contributed by atoms with Gasteiger partial charge in [0, 0.05) is 19.2 Å². The highest BCUT2D eigenvalue weighted by atomic mass is 16.3. The molecule has 0 radical (unpaired) electrons. The summed E-state index contributed by atoms with van der Waals surface area (Å²) in [7, 11) is 0. The largest absolute Gasteiger partial charge is 0.394 e. The Morgan fingerprint density at radius 1 is 1.28 bits per heavy atom.